The first kappa shape index (κ1) is 20.7. The van der Waals surface area contributed by atoms with Gasteiger partial charge in [-0.15, -0.1) is 46.7 Å². The van der Waals surface area contributed by atoms with Crippen molar-refractivity contribution in [1.82, 2.24) is 15.5 Å². The van der Waals surface area contributed by atoms with Gasteiger partial charge in [-0.25, -0.2) is 0 Å². The summed E-state index contributed by atoms with van der Waals surface area (Å²) in [6.45, 7) is 7.26. The fourth-order valence-electron chi connectivity index (χ4n) is 2.93. The Morgan fingerprint density at radius 3 is 2.84 bits per heavy atom. The summed E-state index contributed by atoms with van der Waals surface area (Å²) in [6.07, 6.45) is 2.30. The SMILES string of the molecule is CCc1ccc(CNC(=NC)NCCN2CCc3sccc3C2)s1.I. The second kappa shape index (κ2) is 10.5. The van der Waals surface area contributed by atoms with Crippen LogP contribution in [0.3, 0.4) is 0 Å². The molecule has 0 bridgehead atoms. The minimum atomic E-state index is 0. The zero-order valence-electron chi connectivity index (χ0n) is 14.9. The Kier molecular flexibility index (Phi) is 8.68. The van der Waals surface area contributed by atoms with Gasteiger partial charge in [-0.3, -0.25) is 9.89 Å². The van der Waals surface area contributed by atoms with Crippen LogP contribution in [0.15, 0.2) is 28.6 Å². The average molecular weight is 490 g/mol. The highest BCUT2D eigenvalue weighted by Crippen LogP contribution is 2.23. The fraction of sp³-hybridized carbons (Fsp3) is 0.500. The van der Waals surface area contributed by atoms with Crippen molar-refractivity contribution in [3.05, 3.63) is 43.8 Å². The Balaban J connectivity index is 0.00000225. The molecule has 0 aromatic carbocycles. The third-order valence-corrected chi connectivity index (χ3v) is 6.58. The van der Waals surface area contributed by atoms with E-state index in [-0.39, 0.29) is 24.0 Å². The van der Waals surface area contributed by atoms with Crippen molar-refractivity contribution < 1.29 is 0 Å². The fourth-order valence-corrected chi connectivity index (χ4v) is 4.72. The molecule has 25 heavy (non-hydrogen) atoms. The number of aryl methyl sites for hydroxylation is 1. The van der Waals surface area contributed by atoms with Crippen LogP contribution in [0.4, 0.5) is 0 Å². The number of nitrogens with one attached hydrogen (secondary N) is 2. The van der Waals surface area contributed by atoms with Gasteiger partial charge in [0.2, 0.25) is 0 Å². The number of guanidine groups is 1. The molecule has 0 aliphatic carbocycles. The minimum absolute atomic E-state index is 0. The molecule has 3 heterocycles. The van der Waals surface area contributed by atoms with Gasteiger partial charge in [-0.2, -0.15) is 0 Å². The summed E-state index contributed by atoms with van der Waals surface area (Å²) in [4.78, 5) is 11.2. The van der Waals surface area contributed by atoms with Gasteiger partial charge in [0.25, 0.3) is 0 Å². The molecule has 0 atom stereocenters. The van der Waals surface area contributed by atoms with Gasteiger partial charge < -0.3 is 10.6 Å². The molecule has 0 saturated carbocycles. The molecule has 1 aliphatic rings. The molecule has 0 radical (unpaired) electrons. The molecule has 0 spiro atoms. The van der Waals surface area contributed by atoms with E-state index in [0.717, 1.165) is 45.1 Å². The molecule has 7 heteroatoms. The first-order valence-electron chi connectivity index (χ1n) is 8.58. The lowest BCUT2D eigenvalue weighted by Gasteiger charge is -2.27. The highest BCUT2D eigenvalue weighted by atomic mass is 127. The van der Waals surface area contributed by atoms with Crippen LogP contribution in [0.25, 0.3) is 0 Å². The summed E-state index contributed by atoms with van der Waals surface area (Å²) < 4.78 is 0. The van der Waals surface area contributed by atoms with Crippen molar-refractivity contribution in [3.8, 4) is 0 Å². The number of rotatable bonds is 6. The second-order valence-corrected chi connectivity index (χ2v) is 8.22. The number of fused-ring (bicyclic) bond motifs is 1. The Morgan fingerprint density at radius 1 is 1.24 bits per heavy atom. The number of hydrogen-bond acceptors (Lipinski definition) is 4. The van der Waals surface area contributed by atoms with Crippen molar-refractivity contribution in [1.29, 1.82) is 0 Å². The van der Waals surface area contributed by atoms with E-state index in [1.165, 1.54) is 21.7 Å². The molecule has 0 unspecified atom stereocenters. The van der Waals surface area contributed by atoms with Crippen LogP contribution in [-0.2, 0) is 25.9 Å². The second-order valence-electron chi connectivity index (χ2n) is 5.97. The van der Waals surface area contributed by atoms with Gasteiger partial charge in [0, 0.05) is 47.9 Å². The van der Waals surface area contributed by atoms with Crippen LogP contribution in [0.2, 0.25) is 0 Å². The monoisotopic (exact) mass is 490 g/mol. The van der Waals surface area contributed by atoms with Crippen LogP contribution < -0.4 is 10.6 Å². The largest absolute Gasteiger partial charge is 0.355 e. The van der Waals surface area contributed by atoms with E-state index in [9.17, 15) is 0 Å². The normalized spacial score (nSPS) is 14.7. The number of halogens is 1. The van der Waals surface area contributed by atoms with E-state index in [0.29, 0.717) is 0 Å². The summed E-state index contributed by atoms with van der Waals surface area (Å²) in [5.41, 5.74) is 1.51. The van der Waals surface area contributed by atoms with E-state index in [2.05, 4.69) is 51.0 Å². The predicted molar refractivity (Wildman–Crippen MR) is 121 cm³/mol. The summed E-state index contributed by atoms with van der Waals surface area (Å²) >= 11 is 3.77. The van der Waals surface area contributed by atoms with Gasteiger partial charge in [0.05, 0.1) is 6.54 Å². The van der Waals surface area contributed by atoms with Crippen molar-refractivity contribution in [2.24, 2.45) is 4.99 Å². The van der Waals surface area contributed by atoms with E-state index < -0.39 is 0 Å². The molecule has 0 fully saturated rings. The van der Waals surface area contributed by atoms with Gasteiger partial charge in [-0.1, -0.05) is 6.92 Å². The van der Waals surface area contributed by atoms with Crippen LogP contribution in [0.1, 0.15) is 27.1 Å². The maximum Gasteiger partial charge on any atom is 0.191 e. The third-order valence-electron chi connectivity index (χ3n) is 4.33. The molecule has 0 saturated heterocycles. The van der Waals surface area contributed by atoms with Crippen molar-refractivity contribution >= 4 is 52.6 Å². The molecule has 2 aromatic heterocycles. The maximum absolute atomic E-state index is 4.32. The predicted octanol–water partition coefficient (Wildman–Crippen LogP) is 3.71. The maximum atomic E-state index is 4.32. The van der Waals surface area contributed by atoms with Crippen LogP contribution in [0.5, 0.6) is 0 Å². The lowest BCUT2D eigenvalue weighted by molar-refractivity contribution is 0.260. The summed E-state index contributed by atoms with van der Waals surface area (Å²) in [5, 5.41) is 9.05. The lowest BCUT2D eigenvalue weighted by Crippen LogP contribution is -2.42. The van der Waals surface area contributed by atoms with Crippen molar-refractivity contribution in [2.45, 2.75) is 32.9 Å². The van der Waals surface area contributed by atoms with E-state index in [1.54, 1.807) is 4.88 Å². The van der Waals surface area contributed by atoms with E-state index in [1.807, 2.05) is 29.7 Å². The molecule has 0 amide bonds. The zero-order chi connectivity index (χ0) is 16.8. The number of thiophene rings is 2. The van der Waals surface area contributed by atoms with Crippen LogP contribution >= 0.6 is 46.7 Å². The smallest absolute Gasteiger partial charge is 0.191 e. The van der Waals surface area contributed by atoms with E-state index in [4.69, 9.17) is 0 Å². The average Bonchev–Trinajstić information content (AvgIpc) is 3.26. The molecule has 138 valence electrons. The number of hydrogen-bond donors (Lipinski definition) is 2. The topological polar surface area (TPSA) is 39.7 Å². The molecule has 4 nitrogen and oxygen atoms in total. The quantitative estimate of drug-likeness (QED) is 0.369. The van der Waals surface area contributed by atoms with Gasteiger partial charge in [0.15, 0.2) is 5.96 Å². The molecular formula is C18H27IN4S2. The van der Waals surface area contributed by atoms with E-state index >= 15 is 0 Å². The van der Waals surface area contributed by atoms with Gasteiger partial charge >= 0.3 is 0 Å². The Morgan fingerprint density at radius 2 is 2.08 bits per heavy atom. The van der Waals surface area contributed by atoms with Crippen molar-refractivity contribution in [2.75, 3.05) is 26.7 Å². The van der Waals surface area contributed by atoms with Gasteiger partial charge in [-0.05, 0) is 42.0 Å². The number of nitrogens with zero attached hydrogens (tertiary/aromatic N) is 2. The number of aliphatic imine (C=N–C) groups is 1. The van der Waals surface area contributed by atoms with Crippen LogP contribution in [-0.4, -0.2) is 37.5 Å². The molecule has 2 N–H and O–H groups in total. The Bertz CT molecular complexity index is 680. The minimum Gasteiger partial charge on any atom is -0.355 e. The summed E-state index contributed by atoms with van der Waals surface area (Å²) in [7, 11) is 1.83. The molecule has 1 aliphatic heterocycles. The highest BCUT2D eigenvalue weighted by Gasteiger charge is 2.16. The van der Waals surface area contributed by atoms with Crippen LogP contribution in [0, 0.1) is 0 Å². The summed E-state index contributed by atoms with van der Waals surface area (Å²) in [5.74, 6) is 0.884. The lowest BCUT2D eigenvalue weighted by atomic mass is 10.1. The molecular weight excluding hydrogens is 463 g/mol. The molecule has 2 aromatic rings. The highest BCUT2D eigenvalue weighted by molar-refractivity contribution is 14.0. The summed E-state index contributed by atoms with van der Waals surface area (Å²) in [6, 6.07) is 6.69. The standard InChI is InChI=1S/C18H26N4S2.HI/c1-3-15-4-5-16(24-15)12-21-18(19-2)20-8-10-22-9-6-17-14(13-22)7-11-23-17;/h4-5,7,11H,3,6,8-10,12-13H2,1-2H3,(H2,19,20,21);1H. The third kappa shape index (κ3) is 5.94. The Hall–Kier alpha value is -0.640. The first-order valence-corrected chi connectivity index (χ1v) is 10.3. The zero-order valence-corrected chi connectivity index (χ0v) is 18.8. The Labute approximate surface area is 175 Å². The first-order chi connectivity index (χ1) is 11.8. The van der Waals surface area contributed by atoms with Gasteiger partial charge in [0.1, 0.15) is 0 Å². The van der Waals surface area contributed by atoms with Crippen molar-refractivity contribution in [3.63, 3.8) is 0 Å². The molecule has 3 rings (SSSR count).